The lowest BCUT2D eigenvalue weighted by Crippen LogP contribution is -2.41. The molecule has 0 aliphatic heterocycles. The zero-order chi connectivity index (χ0) is 15.6. The summed E-state index contributed by atoms with van der Waals surface area (Å²) in [4.78, 5) is 11.2. The Morgan fingerprint density at radius 3 is 2.62 bits per heavy atom. The van der Waals surface area contributed by atoms with Gasteiger partial charge in [0.25, 0.3) is 0 Å². The van der Waals surface area contributed by atoms with Crippen LogP contribution in [0.1, 0.15) is 37.8 Å². The number of hydrogen-bond acceptors (Lipinski definition) is 3. The molecule has 1 aliphatic carbocycles. The number of benzene rings is 1. The second-order valence-electron chi connectivity index (χ2n) is 5.49. The van der Waals surface area contributed by atoms with Gasteiger partial charge in [-0.15, -0.1) is 0 Å². The highest BCUT2D eigenvalue weighted by molar-refractivity contribution is 7.89. The number of carbonyl (C=O) groups is 1. The van der Waals surface area contributed by atoms with Gasteiger partial charge in [-0.05, 0) is 55.9 Å². The second kappa shape index (κ2) is 6.15. The molecule has 1 aromatic rings. The molecule has 2 rings (SSSR count). The summed E-state index contributed by atoms with van der Waals surface area (Å²) < 4.78 is 26.5. The van der Waals surface area contributed by atoms with Gasteiger partial charge >= 0.3 is 5.97 Å². The molecule has 0 aromatic heterocycles. The molecule has 0 amide bonds. The average molecular weight is 311 g/mol. The molecule has 6 heteroatoms. The van der Waals surface area contributed by atoms with Crippen molar-refractivity contribution in [1.29, 1.82) is 0 Å². The Hall–Kier alpha value is -1.40. The molecule has 0 saturated heterocycles. The molecule has 116 valence electrons. The molecule has 21 heavy (non-hydrogen) atoms. The van der Waals surface area contributed by atoms with Crippen molar-refractivity contribution in [3.05, 3.63) is 29.3 Å². The number of rotatable bonds is 6. The van der Waals surface area contributed by atoms with E-state index in [4.69, 9.17) is 5.11 Å². The maximum Gasteiger partial charge on any atom is 0.318 e. The van der Waals surface area contributed by atoms with Crippen LogP contribution in [0.2, 0.25) is 0 Å². The van der Waals surface area contributed by atoms with Gasteiger partial charge in [0.15, 0.2) is 0 Å². The number of fused-ring (bicyclic) bond motifs is 1. The number of carboxylic acids is 1. The first-order valence-electron chi connectivity index (χ1n) is 7.21. The maximum atomic E-state index is 12.7. The Balaban J connectivity index is 2.40. The number of aliphatic carboxylic acids is 1. The van der Waals surface area contributed by atoms with Crippen molar-refractivity contribution in [2.24, 2.45) is 0 Å². The molecule has 0 saturated carbocycles. The van der Waals surface area contributed by atoms with E-state index in [-0.39, 0.29) is 10.9 Å². The molecule has 0 spiro atoms. The fourth-order valence-electron chi connectivity index (χ4n) is 2.66. The zero-order valence-corrected chi connectivity index (χ0v) is 13.2. The van der Waals surface area contributed by atoms with Crippen molar-refractivity contribution in [2.45, 2.75) is 50.5 Å². The Morgan fingerprint density at radius 2 is 2.00 bits per heavy atom. The molecule has 0 heterocycles. The van der Waals surface area contributed by atoms with Crippen LogP contribution >= 0.6 is 0 Å². The molecule has 1 aliphatic rings. The average Bonchev–Trinajstić information content (AvgIpc) is 2.90. The highest BCUT2D eigenvalue weighted by atomic mass is 32.2. The van der Waals surface area contributed by atoms with Crippen LogP contribution in [0, 0.1) is 0 Å². The van der Waals surface area contributed by atoms with E-state index < -0.39 is 22.5 Å². The first-order chi connectivity index (χ1) is 9.86. The Bertz CT molecular complexity index is 639. The van der Waals surface area contributed by atoms with E-state index in [1.54, 1.807) is 19.1 Å². The van der Waals surface area contributed by atoms with Crippen molar-refractivity contribution in [3.63, 3.8) is 0 Å². The third-order valence-electron chi connectivity index (χ3n) is 4.05. The van der Waals surface area contributed by atoms with E-state index in [2.05, 4.69) is 0 Å². The van der Waals surface area contributed by atoms with Crippen molar-refractivity contribution in [3.8, 4) is 0 Å². The molecule has 0 fully saturated rings. The van der Waals surface area contributed by atoms with E-state index in [9.17, 15) is 13.2 Å². The molecule has 5 nitrogen and oxygen atoms in total. The third kappa shape index (κ3) is 3.27. The SMILES string of the molecule is CCC(C)N(CC(=O)O)S(=O)(=O)c1ccc2c(c1)CCC2. The van der Waals surface area contributed by atoms with E-state index in [1.165, 1.54) is 5.56 Å². The number of sulfonamides is 1. The topological polar surface area (TPSA) is 74.7 Å². The van der Waals surface area contributed by atoms with Gasteiger partial charge in [0.2, 0.25) is 10.0 Å². The predicted molar refractivity (Wildman–Crippen MR) is 79.7 cm³/mol. The normalized spacial score (nSPS) is 16.0. The summed E-state index contributed by atoms with van der Waals surface area (Å²) in [5.74, 6) is -1.14. The lowest BCUT2D eigenvalue weighted by molar-refractivity contribution is -0.137. The molecule has 1 aromatic carbocycles. The maximum absolute atomic E-state index is 12.7. The number of carboxylic acid groups (broad SMARTS) is 1. The van der Waals surface area contributed by atoms with Gasteiger partial charge < -0.3 is 5.11 Å². The van der Waals surface area contributed by atoms with Crippen LogP contribution in [0.25, 0.3) is 0 Å². The van der Waals surface area contributed by atoms with Crippen LogP contribution in [0.5, 0.6) is 0 Å². The van der Waals surface area contributed by atoms with Crippen LogP contribution in [0.4, 0.5) is 0 Å². The molecule has 1 unspecified atom stereocenters. The molecule has 0 radical (unpaired) electrons. The number of aryl methyl sites for hydroxylation is 2. The van der Waals surface area contributed by atoms with Crippen LogP contribution < -0.4 is 0 Å². The fraction of sp³-hybridized carbons (Fsp3) is 0.533. The van der Waals surface area contributed by atoms with Crippen molar-refractivity contribution in [1.82, 2.24) is 4.31 Å². The minimum absolute atomic E-state index is 0.199. The first-order valence-corrected chi connectivity index (χ1v) is 8.65. The summed E-state index contributed by atoms with van der Waals surface area (Å²) in [5.41, 5.74) is 2.26. The van der Waals surface area contributed by atoms with E-state index in [0.717, 1.165) is 29.1 Å². The molecular weight excluding hydrogens is 290 g/mol. The summed E-state index contributed by atoms with van der Waals surface area (Å²) >= 11 is 0. The Morgan fingerprint density at radius 1 is 1.33 bits per heavy atom. The Labute approximate surface area is 125 Å². The molecule has 0 bridgehead atoms. The van der Waals surface area contributed by atoms with Gasteiger partial charge in [-0.2, -0.15) is 4.31 Å². The first kappa shape index (κ1) is 16.0. The van der Waals surface area contributed by atoms with Gasteiger partial charge in [0, 0.05) is 6.04 Å². The molecular formula is C15H21NO4S. The summed E-state index contributed by atoms with van der Waals surface area (Å²) in [6.45, 7) is 3.07. The van der Waals surface area contributed by atoms with E-state index in [0.29, 0.717) is 6.42 Å². The van der Waals surface area contributed by atoms with Crippen LogP contribution in [-0.2, 0) is 27.7 Å². The van der Waals surface area contributed by atoms with Gasteiger partial charge in [-0.25, -0.2) is 8.42 Å². The highest BCUT2D eigenvalue weighted by Gasteiger charge is 2.30. The monoisotopic (exact) mass is 311 g/mol. The lowest BCUT2D eigenvalue weighted by atomic mass is 10.1. The predicted octanol–water partition coefficient (Wildman–Crippen LogP) is 2.05. The summed E-state index contributed by atoms with van der Waals surface area (Å²) in [6, 6.07) is 4.80. The number of hydrogen-bond donors (Lipinski definition) is 1. The van der Waals surface area contributed by atoms with Crippen LogP contribution in [0.15, 0.2) is 23.1 Å². The van der Waals surface area contributed by atoms with E-state index in [1.807, 2.05) is 13.0 Å². The number of nitrogens with zero attached hydrogens (tertiary/aromatic N) is 1. The summed E-state index contributed by atoms with van der Waals surface area (Å²) in [6.07, 6.45) is 3.49. The van der Waals surface area contributed by atoms with Crippen molar-refractivity contribution >= 4 is 16.0 Å². The Kier molecular flexibility index (Phi) is 4.68. The summed E-state index contributed by atoms with van der Waals surface area (Å²) in [5, 5.41) is 8.99. The minimum atomic E-state index is -3.78. The van der Waals surface area contributed by atoms with Crippen molar-refractivity contribution < 1.29 is 18.3 Å². The largest absolute Gasteiger partial charge is 0.480 e. The van der Waals surface area contributed by atoms with E-state index >= 15 is 0 Å². The standard InChI is InChI=1S/C15H21NO4S/c1-3-11(2)16(10-15(17)18)21(19,20)14-8-7-12-5-4-6-13(12)9-14/h7-9,11H,3-6,10H2,1-2H3,(H,17,18). The second-order valence-corrected chi connectivity index (χ2v) is 7.38. The quantitative estimate of drug-likeness (QED) is 0.872. The van der Waals surface area contributed by atoms with Crippen LogP contribution in [0.3, 0.4) is 0 Å². The minimum Gasteiger partial charge on any atom is -0.480 e. The molecule has 1 N–H and O–H groups in total. The summed E-state index contributed by atoms with van der Waals surface area (Å²) in [7, 11) is -3.78. The molecule has 1 atom stereocenters. The third-order valence-corrected chi connectivity index (χ3v) is 6.01. The fourth-order valence-corrected chi connectivity index (χ4v) is 4.36. The van der Waals surface area contributed by atoms with Gasteiger partial charge in [-0.3, -0.25) is 4.79 Å². The van der Waals surface area contributed by atoms with Gasteiger partial charge in [0.05, 0.1) is 4.90 Å². The van der Waals surface area contributed by atoms with Gasteiger partial charge in [-0.1, -0.05) is 13.0 Å². The smallest absolute Gasteiger partial charge is 0.318 e. The van der Waals surface area contributed by atoms with Crippen LogP contribution in [-0.4, -0.2) is 36.4 Å². The zero-order valence-electron chi connectivity index (χ0n) is 12.4. The van der Waals surface area contributed by atoms with Crippen molar-refractivity contribution in [2.75, 3.05) is 6.54 Å². The van der Waals surface area contributed by atoms with Gasteiger partial charge in [0.1, 0.15) is 6.54 Å². The lowest BCUT2D eigenvalue weighted by Gasteiger charge is -2.26. The highest BCUT2D eigenvalue weighted by Crippen LogP contribution is 2.27.